The molecule has 0 N–H and O–H groups in total. The van der Waals surface area contributed by atoms with Crippen LogP contribution in [0.3, 0.4) is 0 Å². The topological polar surface area (TPSA) is 29.5 Å². The van der Waals surface area contributed by atoms with E-state index in [0.29, 0.717) is 6.42 Å². The molecule has 1 amide bonds. The number of nitrogens with zero attached hydrogens (tertiary/aromatic N) is 1. The summed E-state index contributed by atoms with van der Waals surface area (Å²) in [4.78, 5) is 14.8. The first-order valence-electron chi connectivity index (χ1n) is 7.87. The summed E-state index contributed by atoms with van der Waals surface area (Å²) in [6.07, 6.45) is 3.64. The van der Waals surface area contributed by atoms with Gasteiger partial charge < -0.3 is 9.64 Å². The molecule has 1 aromatic heterocycles. The molecule has 114 valence electrons. The second-order valence-corrected chi connectivity index (χ2v) is 6.80. The maximum Gasteiger partial charge on any atom is 0.227 e. The normalized spacial score (nSPS) is 20.0. The number of likely N-dealkylation sites (tertiary alicyclic amines) is 1. The van der Waals surface area contributed by atoms with Gasteiger partial charge in [-0.2, -0.15) is 11.3 Å². The molecule has 2 aromatic rings. The average molecular weight is 313 g/mol. The van der Waals surface area contributed by atoms with Gasteiger partial charge in [-0.15, -0.1) is 0 Å². The molecule has 2 aliphatic rings. The first kappa shape index (κ1) is 13.8. The van der Waals surface area contributed by atoms with Crippen LogP contribution >= 0.6 is 11.3 Å². The molecule has 22 heavy (non-hydrogen) atoms. The fourth-order valence-corrected chi connectivity index (χ4v) is 4.21. The summed E-state index contributed by atoms with van der Waals surface area (Å²) in [6, 6.07) is 8.59. The van der Waals surface area contributed by atoms with Crippen molar-refractivity contribution in [3.63, 3.8) is 0 Å². The smallest absolute Gasteiger partial charge is 0.227 e. The summed E-state index contributed by atoms with van der Waals surface area (Å²) >= 11 is 1.71. The van der Waals surface area contributed by atoms with Gasteiger partial charge in [0.2, 0.25) is 5.91 Å². The maximum absolute atomic E-state index is 12.7. The van der Waals surface area contributed by atoms with Crippen LogP contribution in [-0.2, 0) is 17.6 Å². The van der Waals surface area contributed by atoms with Crippen LogP contribution in [0, 0.1) is 0 Å². The first-order valence-corrected chi connectivity index (χ1v) is 8.82. The van der Waals surface area contributed by atoms with Crippen molar-refractivity contribution in [1.82, 2.24) is 4.90 Å². The molecule has 0 radical (unpaired) electrons. The van der Waals surface area contributed by atoms with E-state index in [-0.39, 0.29) is 11.9 Å². The third kappa shape index (κ3) is 2.52. The number of amides is 1. The van der Waals surface area contributed by atoms with Gasteiger partial charge >= 0.3 is 0 Å². The van der Waals surface area contributed by atoms with Gasteiger partial charge in [0.05, 0.1) is 19.1 Å². The monoisotopic (exact) mass is 313 g/mol. The summed E-state index contributed by atoms with van der Waals surface area (Å²) in [6.45, 7) is 1.65. The lowest BCUT2D eigenvalue weighted by Gasteiger charge is -2.24. The Morgan fingerprint density at radius 1 is 1.36 bits per heavy atom. The fraction of sp³-hybridized carbons (Fsp3) is 0.389. The van der Waals surface area contributed by atoms with Gasteiger partial charge in [-0.3, -0.25) is 4.79 Å². The molecule has 1 saturated heterocycles. The van der Waals surface area contributed by atoms with E-state index in [2.05, 4.69) is 27.8 Å². The maximum atomic E-state index is 12.7. The van der Waals surface area contributed by atoms with Gasteiger partial charge in [0.15, 0.2) is 0 Å². The van der Waals surface area contributed by atoms with E-state index in [1.807, 2.05) is 12.1 Å². The number of fused-ring (bicyclic) bond motifs is 1. The van der Waals surface area contributed by atoms with Gasteiger partial charge in [-0.1, -0.05) is 12.1 Å². The van der Waals surface area contributed by atoms with Crippen LogP contribution in [-0.4, -0.2) is 24.0 Å². The van der Waals surface area contributed by atoms with Crippen LogP contribution in [0.1, 0.15) is 35.6 Å². The van der Waals surface area contributed by atoms with Crippen molar-refractivity contribution in [1.29, 1.82) is 0 Å². The van der Waals surface area contributed by atoms with Gasteiger partial charge in [0.25, 0.3) is 0 Å². The van der Waals surface area contributed by atoms with E-state index < -0.39 is 0 Å². The van der Waals surface area contributed by atoms with E-state index in [9.17, 15) is 4.79 Å². The molecule has 0 unspecified atom stereocenters. The number of rotatable bonds is 3. The molecule has 0 spiro atoms. The molecule has 2 aliphatic heterocycles. The molecule has 1 fully saturated rings. The second-order valence-electron chi connectivity index (χ2n) is 6.02. The van der Waals surface area contributed by atoms with Crippen molar-refractivity contribution in [2.45, 2.75) is 31.7 Å². The number of carbonyl (C=O) groups is 1. The number of ether oxygens (including phenoxy) is 1. The van der Waals surface area contributed by atoms with Crippen molar-refractivity contribution < 1.29 is 9.53 Å². The van der Waals surface area contributed by atoms with Crippen LogP contribution in [0.5, 0.6) is 5.75 Å². The minimum Gasteiger partial charge on any atom is -0.493 e. The van der Waals surface area contributed by atoms with Crippen LogP contribution in [0.15, 0.2) is 35.0 Å². The third-order valence-corrected chi connectivity index (χ3v) is 5.31. The summed E-state index contributed by atoms with van der Waals surface area (Å²) in [5.41, 5.74) is 3.63. The molecule has 0 aliphatic carbocycles. The van der Waals surface area contributed by atoms with Gasteiger partial charge in [-0.25, -0.2) is 0 Å². The molecule has 1 aromatic carbocycles. The zero-order valence-electron chi connectivity index (χ0n) is 12.5. The zero-order valence-corrected chi connectivity index (χ0v) is 13.3. The number of thiophene rings is 1. The molecule has 3 heterocycles. The largest absolute Gasteiger partial charge is 0.493 e. The molecular weight excluding hydrogens is 294 g/mol. The lowest BCUT2D eigenvalue weighted by atomic mass is 10.0. The quantitative estimate of drug-likeness (QED) is 0.866. The highest BCUT2D eigenvalue weighted by Gasteiger charge is 2.30. The molecule has 0 saturated carbocycles. The molecule has 4 rings (SSSR count). The molecular formula is C18H19NO2S. The van der Waals surface area contributed by atoms with E-state index in [1.54, 1.807) is 11.3 Å². The summed E-state index contributed by atoms with van der Waals surface area (Å²) in [7, 11) is 0. The van der Waals surface area contributed by atoms with Crippen molar-refractivity contribution >= 4 is 17.2 Å². The number of hydrogen-bond acceptors (Lipinski definition) is 3. The standard InChI is InChI=1S/C18H19NO2S/c20-18(11-13-3-4-17-14(10-13)5-8-21-17)19-7-1-2-16(19)15-6-9-22-12-15/h3-4,6,9-10,12,16H,1-2,5,7-8,11H2/t16-/m0/s1. The summed E-state index contributed by atoms with van der Waals surface area (Å²) in [5.74, 6) is 1.22. The van der Waals surface area contributed by atoms with Gasteiger partial charge in [-0.05, 0) is 52.4 Å². The lowest BCUT2D eigenvalue weighted by Crippen LogP contribution is -2.31. The minimum atomic E-state index is 0.243. The van der Waals surface area contributed by atoms with Crippen molar-refractivity contribution in [2.75, 3.05) is 13.2 Å². The zero-order chi connectivity index (χ0) is 14.9. The van der Waals surface area contributed by atoms with E-state index in [4.69, 9.17) is 4.74 Å². The van der Waals surface area contributed by atoms with Gasteiger partial charge in [0.1, 0.15) is 5.75 Å². The van der Waals surface area contributed by atoms with Crippen LogP contribution in [0.4, 0.5) is 0 Å². The van der Waals surface area contributed by atoms with E-state index in [0.717, 1.165) is 43.7 Å². The highest BCUT2D eigenvalue weighted by atomic mass is 32.1. The lowest BCUT2D eigenvalue weighted by molar-refractivity contribution is -0.131. The number of benzene rings is 1. The van der Waals surface area contributed by atoms with Crippen LogP contribution in [0.2, 0.25) is 0 Å². The number of hydrogen-bond donors (Lipinski definition) is 0. The Morgan fingerprint density at radius 2 is 2.32 bits per heavy atom. The van der Waals surface area contributed by atoms with Gasteiger partial charge in [0, 0.05) is 13.0 Å². The van der Waals surface area contributed by atoms with Crippen LogP contribution in [0.25, 0.3) is 0 Å². The predicted molar refractivity (Wildman–Crippen MR) is 87.4 cm³/mol. The van der Waals surface area contributed by atoms with Crippen molar-refractivity contribution in [3.05, 3.63) is 51.7 Å². The Kier molecular flexibility index (Phi) is 3.62. The Morgan fingerprint density at radius 3 is 3.18 bits per heavy atom. The Labute approximate surface area is 134 Å². The predicted octanol–water partition coefficient (Wildman–Crippen LogP) is 3.59. The molecule has 1 atom stereocenters. The van der Waals surface area contributed by atoms with Crippen molar-refractivity contribution in [3.8, 4) is 5.75 Å². The summed E-state index contributed by atoms with van der Waals surface area (Å²) in [5, 5.41) is 4.26. The third-order valence-electron chi connectivity index (χ3n) is 4.61. The molecule has 0 bridgehead atoms. The second kappa shape index (κ2) is 5.76. The SMILES string of the molecule is O=C(Cc1ccc2c(c1)CCO2)N1CCC[C@H]1c1ccsc1. The highest BCUT2D eigenvalue weighted by Crippen LogP contribution is 2.34. The highest BCUT2D eigenvalue weighted by molar-refractivity contribution is 7.07. The van der Waals surface area contributed by atoms with Crippen LogP contribution < -0.4 is 4.74 Å². The Bertz CT molecular complexity index is 680. The average Bonchev–Trinajstić information content (AvgIpc) is 3.26. The minimum absolute atomic E-state index is 0.243. The molecule has 3 nitrogen and oxygen atoms in total. The number of carbonyl (C=O) groups excluding carboxylic acids is 1. The molecule has 4 heteroatoms. The Hall–Kier alpha value is -1.81. The fourth-order valence-electron chi connectivity index (χ4n) is 3.50. The Balaban J connectivity index is 1.49. The first-order chi connectivity index (χ1) is 10.8. The van der Waals surface area contributed by atoms with E-state index >= 15 is 0 Å². The van der Waals surface area contributed by atoms with Crippen molar-refractivity contribution in [2.24, 2.45) is 0 Å². The summed E-state index contributed by atoms with van der Waals surface area (Å²) < 4.78 is 5.53. The van der Waals surface area contributed by atoms with E-state index in [1.165, 1.54) is 11.1 Å².